The van der Waals surface area contributed by atoms with E-state index in [1.165, 1.54) is 26.4 Å². The second-order valence-corrected chi connectivity index (χ2v) is 2.69. The zero-order valence-electron chi connectivity index (χ0n) is 7.98. The molecule has 0 aromatic carbocycles. The molecule has 5 heteroatoms. The maximum Gasteiger partial charge on any atom is 0.188 e. The van der Waals surface area contributed by atoms with Gasteiger partial charge in [0.1, 0.15) is 11.9 Å². The van der Waals surface area contributed by atoms with E-state index >= 15 is 0 Å². The van der Waals surface area contributed by atoms with Crippen LogP contribution in [-0.2, 0) is 9.47 Å². The number of aliphatic hydroxyl groups excluding tert-OH is 1. The maximum absolute atomic E-state index is 12.5. The fourth-order valence-corrected chi connectivity index (χ4v) is 1.06. The summed E-state index contributed by atoms with van der Waals surface area (Å²) in [6, 6.07) is 2.60. The Morgan fingerprint density at radius 3 is 2.43 bits per heavy atom. The van der Waals surface area contributed by atoms with Crippen LogP contribution in [-0.4, -0.2) is 30.6 Å². The summed E-state index contributed by atoms with van der Waals surface area (Å²) in [5, 5.41) is 9.64. The van der Waals surface area contributed by atoms with Crippen molar-refractivity contribution in [3.63, 3.8) is 0 Å². The van der Waals surface area contributed by atoms with Gasteiger partial charge in [-0.15, -0.1) is 0 Å². The molecule has 1 atom stereocenters. The Morgan fingerprint density at radius 1 is 1.36 bits per heavy atom. The number of nitrogens with zero attached hydrogens (tertiary/aromatic N) is 1. The van der Waals surface area contributed by atoms with Gasteiger partial charge in [-0.05, 0) is 12.1 Å². The Balaban J connectivity index is 2.77. The average Bonchev–Trinajstić information content (AvgIpc) is 2.20. The lowest BCUT2D eigenvalue weighted by atomic mass is 10.2. The van der Waals surface area contributed by atoms with Gasteiger partial charge < -0.3 is 14.6 Å². The van der Waals surface area contributed by atoms with Gasteiger partial charge in [0.15, 0.2) is 6.29 Å². The first kappa shape index (κ1) is 11.0. The molecule has 1 N–H and O–H groups in total. The van der Waals surface area contributed by atoms with E-state index in [4.69, 9.17) is 9.47 Å². The smallest absolute Gasteiger partial charge is 0.188 e. The first-order valence-corrected chi connectivity index (χ1v) is 4.04. The zero-order valence-corrected chi connectivity index (χ0v) is 7.98. The fourth-order valence-electron chi connectivity index (χ4n) is 1.06. The van der Waals surface area contributed by atoms with E-state index < -0.39 is 18.2 Å². The number of rotatable bonds is 4. The first-order chi connectivity index (χ1) is 6.69. The summed E-state index contributed by atoms with van der Waals surface area (Å²) in [5.74, 6) is -0.452. The molecule has 1 aromatic rings. The van der Waals surface area contributed by atoms with Crippen molar-refractivity contribution >= 4 is 0 Å². The molecule has 0 saturated carbocycles. The van der Waals surface area contributed by atoms with Crippen LogP contribution in [0.3, 0.4) is 0 Å². The summed E-state index contributed by atoms with van der Waals surface area (Å²) in [4.78, 5) is 3.71. The number of methoxy groups -OCH3 is 2. The lowest BCUT2D eigenvalue weighted by Crippen LogP contribution is -2.23. The number of halogens is 1. The zero-order chi connectivity index (χ0) is 10.6. The van der Waals surface area contributed by atoms with E-state index in [2.05, 4.69) is 4.98 Å². The van der Waals surface area contributed by atoms with E-state index in [9.17, 15) is 9.50 Å². The third-order valence-electron chi connectivity index (χ3n) is 1.78. The van der Waals surface area contributed by atoms with Gasteiger partial charge in [0, 0.05) is 14.2 Å². The van der Waals surface area contributed by atoms with Gasteiger partial charge in [0.05, 0.1) is 11.9 Å². The Bertz CT molecular complexity index is 274. The standard InChI is InChI=1S/C9H12FNO3/c1-13-9(14-2)8(12)7-4-3-6(10)5-11-7/h3-5,8-9,12H,1-2H3. The van der Waals surface area contributed by atoms with E-state index in [0.717, 1.165) is 6.20 Å². The van der Waals surface area contributed by atoms with E-state index in [1.54, 1.807) is 0 Å². The fraction of sp³-hybridized carbons (Fsp3) is 0.444. The Labute approximate surface area is 81.3 Å². The van der Waals surface area contributed by atoms with Crippen molar-refractivity contribution in [2.24, 2.45) is 0 Å². The van der Waals surface area contributed by atoms with Crippen LogP contribution in [0.25, 0.3) is 0 Å². The molecule has 0 radical (unpaired) electrons. The van der Waals surface area contributed by atoms with Crippen LogP contribution in [0.5, 0.6) is 0 Å². The van der Waals surface area contributed by atoms with Crippen molar-refractivity contribution < 1.29 is 19.0 Å². The SMILES string of the molecule is COC(OC)C(O)c1ccc(F)cn1. The number of hydrogen-bond acceptors (Lipinski definition) is 4. The van der Waals surface area contributed by atoms with Crippen LogP contribution in [0.4, 0.5) is 4.39 Å². The molecular weight excluding hydrogens is 189 g/mol. The van der Waals surface area contributed by atoms with E-state index in [1.807, 2.05) is 0 Å². The van der Waals surface area contributed by atoms with Crippen molar-refractivity contribution in [1.82, 2.24) is 4.98 Å². The van der Waals surface area contributed by atoms with E-state index in [-0.39, 0.29) is 0 Å². The van der Waals surface area contributed by atoms with Crippen LogP contribution in [0.15, 0.2) is 18.3 Å². The average molecular weight is 201 g/mol. The van der Waals surface area contributed by atoms with Crippen LogP contribution < -0.4 is 0 Å². The number of aliphatic hydroxyl groups is 1. The van der Waals surface area contributed by atoms with Crippen molar-refractivity contribution in [2.75, 3.05) is 14.2 Å². The normalized spacial score (nSPS) is 13.2. The predicted octanol–water partition coefficient (Wildman–Crippen LogP) is 0.873. The maximum atomic E-state index is 12.5. The van der Waals surface area contributed by atoms with Crippen molar-refractivity contribution in [3.8, 4) is 0 Å². The molecule has 0 aliphatic rings. The molecule has 0 bridgehead atoms. The third kappa shape index (κ3) is 2.47. The summed E-state index contributed by atoms with van der Waals surface area (Å²) < 4.78 is 22.2. The predicted molar refractivity (Wildman–Crippen MR) is 47.0 cm³/mol. The molecule has 0 fully saturated rings. The molecule has 1 unspecified atom stereocenters. The molecule has 78 valence electrons. The van der Waals surface area contributed by atoms with Gasteiger partial charge in [0.2, 0.25) is 0 Å². The van der Waals surface area contributed by atoms with Crippen LogP contribution in [0.2, 0.25) is 0 Å². The molecule has 1 heterocycles. The second kappa shape index (κ2) is 4.99. The van der Waals surface area contributed by atoms with Gasteiger partial charge >= 0.3 is 0 Å². The molecule has 14 heavy (non-hydrogen) atoms. The molecular formula is C9H12FNO3. The molecule has 0 aliphatic heterocycles. The summed E-state index contributed by atoms with van der Waals surface area (Å²) in [6.45, 7) is 0. The Morgan fingerprint density at radius 2 is 2.00 bits per heavy atom. The second-order valence-electron chi connectivity index (χ2n) is 2.69. The lowest BCUT2D eigenvalue weighted by Gasteiger charge is -2.19. The lowest BCUT2D eigenvalue weighted by molar-refractivity contribution is -0.167. The van der Waals surface area contributed by atoms with Crippen LogP contribution >= 0.6 is 0 Å². The third-order valence-corrected chi connectivity index (χ3v) is 1.78. The number of hydrogen-bond donors (Lipinski definition) is 1. The minimum absolute atomic E-state index is 0.306. The Kier molecular flexibility index (Phi) is 3.94. The van der Waals surface area contributed by atoms with Crippen molar-refractivity contribution in [3.05, 3.63) is 29.8 Å². The molecule has 0 saturated heterocycles. The monoisotopic (exact) mass is 201 g/mol. The molecule has 4 nitrogen and oxygen atoms in total. The molecule has 0 spiro atoms. The van der Waals surface area contributed by atoms with Gasteiger partial charge in [-0.3, -0.25) is 4.98 Å². The molecule has 1 aromatic heterocycles. The Hall–Kier alpha value is -1.04. The van der Waals surface area contributed by atoms with Gasteiger partial charge in [-0.1, -0.05) is 0 Å². The highest BCUT2D eigenvalue weighted by atomic mass is 19.1. The molecule has 0 aliphatic carbocycles. The summed E-state index contributed by atoms with van der Waals surface area (Å²) in [5.41, 5.74) is 0.306. The van der Waals surface area contributed by atoms with Gasteiger partial charge in [-0.2, -0.15) is 0 Å². The molecule has 1 rings (SSSR count). The van der Waals surface area contributed by atoms with Crippen molar-refractivity contribution in [1.29, 1.82) is 0 Å². The van der Waals surface area contributed by atoms with E-state index in [0.29, 0.717) is 5.69 Å². The summed E-state index contributed by atoms with van der Waals surface area (Å²) >= 11 is 0. The van der Waals surface area contributed by atoms with Crippen LogP contribution in [0.1, 0.15) is 11.8 Å². The number of pyridine rings is 1. The van der Waals surface area contributed by atoms with Crippen LogP contribution in [0, 0.1) is 5.82 Å². The van der Waals surface area contributed by atoms with Gasteiger partial charge in [0.25, 0.3) is 0 Å². The summed E-state index contributed by atoms with van der Waals surface area (Å²) in [7, 11) is 2.81. The minimum Gasteiger partial charge on any atom is -0.381 e. The largest absolute Gasteiger partial charge is 0.381 e. The van der Waals surface area contributed by atoms with Crippen molar-refractivity contribution in [2.45, 2.75) is 12.4 Å². The highest BCUT2D eigenvalue weighted by Crippen LogP contribution is 2.16. The topological polar surface area (TPSA) is 51.6 Å². The quantitative estimate of drug-likeness (QED) is 0.734. The highest BCUT2D eigenvalue weighted by Gasteiger charge is 2.20. The number of ether oxygens (including phenoxy) is 2. The van der Waals surface area contributed by atoms with Gasteiger partial charge in [-0.25, -0.2) is 4.39 Å². The molecule has 0 amide bonds. The first-order valence-electron chi connectivity index (χ1n) is 4.04. The number of aromatic nitrogens is 1. The highest BCUT2D eigenvalue weighted by molar-refractivity contribution is 5.08. The minimum atomic E-state index is -1.02. The summed E-state index contributed by atoms with van der Waals surface area (Å²) in [6.07, 6.45) is -0.792.